The molecule has 11 aromatic heterocycles. The van der Waals surface area contributed by atoms with Crippen LogP contribution in [0, 0.1) is 34.0 Å². The molecule has 3 unspecified atom stereocenters. The summed E-state index contributed by atoms with van der Waals surface area (Å²) in [7, 11) is 6.08. The average Bonchev–Trinajstić information content (AvgIpc) is 1.65. The van der Waals surface area contributed by atoms with Gasteiger partial charge in [-0.15, -0.1) is 0 Å². The summed E-state index contributed by atoms with van der Waals surface area (Å²) in [6.45, 7) is 11.5. The normalized spacial score (nSPS) is 15.5. The second kappa shape index (κ2) is 32.6. The molecule has 1 aromatic carbocycles. The smallest absolute Gasteiger partial charge is 0.381 e. The van der Waals surface area contributed by atoms with Crippen LogP contribution in [0.5, 0.6) is 0 Å². The summed E-state index contributed by atoms with van der Waals surface area (Å²) in [4.78, 5) is 59.7. The summed E-state index contributed by atoms with van der Waals surface area (Å²) in [5.41, 5.74) is 4.01. The number of alkyl halides is 9. The Morgan fingerprint density at radius 1 is 0.459 bits per heavy atom. The van der Waals surface area contributed by atoms with Gasteiger partial charge in [-0.1, -0.05) is 24.3 Å². The summed E-state index contributed by atoms with van der Waals surface area (Å²) in [5, 5.41) is 52.2. The first-order valence-corrected chi connectivity index (χ1v) is 34.3. The minimum Gasteiger partial charge on any atom is -0.381 e. The van der Waals surface area contributed by atoms with Crippen molar-refractivity contribution < 1.29 is 39.5 Å². The summed E-state index contributed by atoms with van der Waals surface area (Å²) >= 11 is 0. The van der Waals surface area contributed by atoms with Gasteiger partial charge in [0, 0.05) is 126 Å². The highest BCUT2D eigenvalue weighted by Crippen LogP contribution is 2.39. The minimum atomic E-state index is -4.55. The molecule has 560 valence electrons. The number of hydrogen-bond donors (Lipinski definition) is 10. The van der Waals surface area contributed by atoms with E-state index in [4.69, 9.17) is 0 Å². The van der Waals surface area contributed by atoms with Gasteiger partial charge in [0.2, 0.25) is 17.8 Å². The van der Waals surface area contributed by atoms with Crippen molar-refractivity contribution in [2.24, 2.45) is 0 Å². The molecule has 0 amide bonds. The number of aromatic amines is 3. The topological polar surface area (TPSA) is 351 Å². The molecule has 13 heterocycles. The van der Waals surface area contributed by atoms with E-state index in [1.807, 2.05) is 94.6 Å². The van der Waals surface area contributed by atoms with Crippen molar-refractivity contribution in [1.82, 2.24) is 84.9 Å². The SMILES string of the molecule is CC(Nc1ncc(C#N)c(-c2c[nH]c3ncc(C(F)(F)F)cc23)n1)c1ccc(N[C@H]2CCN(C)C2)nc1.CNCCNc1ccc(C(C)Nc2ncc(C#N)c(-c3c[nH]c4ncc(C(F)(F)F)cc34)n2)cn1.C[C@@H](Nc1ncc(C#N)c(-c2c[nH]c3ncc(C(F)(F)F)cc23)n1)c1ccc(NC2CCN(C)C2)cc1. The molecule has 2 saturated heterocycles. The van der Waals surface area contributed by atoms with Crippen molar-refractivity contribution in [3.8, 4) is 52.0 Å². The molecule has 0 radical (unpaired) electrons. The standard InChI is InChI=1S/C26H25F3N8.C25H24F3N9.C23H22F3N9/c1-15(16-3-5-19(6-4-16)35-20-7-8-37(2)14-20)34-25-33-11-17(10-30)23(36-25)22-13-32-24-21(22)9-18(12-31-24)26(27,28)29;1-14(15-3-4-21(30-9-15)35-18-5-6-37(2)13-18)34-24-33-10-16(8-29)22(36-24)20-12-32-23-19(20)7-17(11-31-23)25(26,27)28;1-13(14-3-4-19(30-9-14)29-6-5-28-2)34-22-33-10-15(8-27)20(35-22)18-12-32-21-17(18)7-16(11-31-21)23(24,25)26/h3-6,9,11-13,15,20,35H,7-8,14H2,1-2H3,(H,31,32)(H,33,34,36);3-4,7,9-12,14,18H,5-6,13H2,1-2H3,(H,30,35)(H,31,32)(H,33,34,36);3-4,7,9-13,28H,5-6H2,1-2H3,(H,29,30)(H,31,32)(H,33,34,35)/t15-,20?;14?,18-;/m10./s1. The lowest BCUT2D eigenvalue weighted by molar-refractivity contribution is -0.138. The lowest BCUT2D eigenvalue weighted by Gasteiger charge is -2.17. The van der Waals surface area contributed by atoms with Gasteiger partial charge in [-0.3, -0.25) is 0 Å². The molecule has 0 aliphatic carbocycles. The van der Waals surface area contributed by atoms with E-state index in [0.29, 0.717) is 28.8 Å². The predicted molar refractivity (Wildman–Crippen MR) is 393 cm³/mol. The number of halogens is 9. The molecule has 2 aliphatic rings. The van der Waals surface area contributed by atoms with Crippen molar-refractivity contribution in [2.45, 2.75) is 82.4 Å². The fraction of sp³-hybridized carbons (Fsp3) is 0.297. The Hall–Kier alpha value is -12.7. The van der Waals surface area contributed by atoms with E-state index < -0.39 is 35.2 Å². The number of fused-ring (bicyclic) bond motifs is 3. The molecule has 14 rings (SSSR count). The number of likely N-dealkylation sites (N-methyl/N-ethyl adjacent to an activating group) is 3. The summed E-state index contributed by atoms with van der Waals surface area (Å²) in [6.07, 6.45) is 2.87. The monoisotopic (exact) mass is 1490 g/mol. The Balaban J connectivity index is 0.000000153. The number of nitrogens with zero attached hydrogens (tertiary/aromatic N) is 16. The first-order valence-electron chi connectivity index (χ1n) is 34.3. The van der Waals surface area contributed by atoms with Gasteiger partial charge in [-0.05, 0) is 127 Å². The van der Waals surface area contributed by atoms with Gasteiger partial charge in [-0.2, -0.15) is 55.3 Å². The number of likely N-dealkylation sites (tertiary alicyclic amines) is 2. The van der Waals surface area contributed by atoms with Crippen LogP contribution in [0.25, 0.3) is 66.9 Å². The number of anilines is 6. The molecule has 0 saturated carbocycles. The fourth-order valence-electron chi connectivity index (χ4n) is 12.4. The third-order valence-electron chi connectivity index (χ3n) is 18.3. The second-order valence-electron chi connectivity index (χ2n) is 26.2. The number of hydrogen-bond acceptors (Lipinski definition) is 23. The van der Waals surface area contributed by atoms with Crippen LogP contribution < -0.4 is 37.2 Å². The Labute approximate surface area is 617 Å². The lowest BCUT2D eigenvalue weighted by Crippen LogP contribution is -2.24. The van der Waals surface area contributed by atoms with E-state index in [0.717, 1.165) is 123 Å². The second-order valence-corrected chi connectivity index (χ2v) is 26.2. The molecule has 2 fully saturated rings. The Kier molecular flexibility index (Phi) is 22.7. The minimum absolute atomic E-state index is 0.125. The quantitative estimate of drug-likeness (QED) is 0.0250. The number of H-pyrrole nitrogens is 3. The molecule has 35 heteroatoms. The summed E-state index contributed by atoms with van der Waals surface area (Å²) in [6, 6.07) is 25.0. The average molecular weight is 1500 g/mol. The summed E-state index contributed by atoms with van der Waals surface area (Å²) < 4.78 is 119. The van der Waals surface area contributed by atoms with Crippen LogP contribution in [0.15, 0.2) is 135 Å². The molecule has 0 bridgehead atoms. The molecule has 12 aromatic rings. The first kappa shape index (κ1) is 76.0. The van der Waals surface area contributed by atoms with Crippen molar-refractivity contribution in [1.29, 1.82) is 15.8 Å². The van der Waals surface area contributed by atoms with E-state index >= 15 is 0 Å². The van der Waals surface area contributed by atoms with Crippen LogP contribution in [0.2, 0.25) is 0 Å². The molecule has 5 atom stereocenters. The predicted octanol–water partition coefficient (Wildman–Crippen LogP) is 13.9. The highest BCUT2D eigenvalue weighted by molar-refractivity contribution is 5.96. The summed E-state index contributed by atoms with van der Waals surface area (Å²) in [5.74, 6) is 2.26. The van der Waals surface area contributed by atoms with E-state index in [1.165, 1.54) is 37.2 Å². The van der Waals surface area contributed by atoms with Crippen LogP contribution in [0.3, 0.4) is 0 Å². The zero-order chi connectivity index (χ0) is 77.3. The van der Waals surface area contributed by atoms with E-state index in [-0.39, 0.29) is 103 Å². The Morgan fingerprint density at radius 2 is 0.826 bits per heavy atom. The number of nitrogens with one attached hydrogen (secondary N) is 10. The maximum Gasteiger partial charge on any atom is 0.417 e. The maximum absolute atomic E-state index is 13.3. The third-order valence-corrected chi connectivity index (χ3v) is 18.3. The Morgan fingerprint density at radius 3 is 1.17 bits per heavy atom. The zero-order valence-electron chi connectivity index (χ0n) is 59.3. The fourth-order valence-corrected chi connectivity index (χ4v) is 12.4. The number of benzene rings is 1. The highest BCUT2D eigenvalue weighted by Gasteiger charge is 2.35. The van der Waals surface area contributed by atoms with Crippen molar-refractivity contribution in [3.05, 3.63) is 185 Å². The van der Waals surface area contributed by atoms with Crippen LogP contribution in [0.4, 0.5) is 74.7 Å². The van der Waals surface area contributed by atoms with Gasteiger partial charge in [0.05, 0.1) is 87.2 Å². The van der Waals surface area contributed by atoms with Crippen molar-refractivity contribution in [3.63, 3.8) is 0 Å². The van der Waals surface area contributed by atoms with Gasteiger partial charge in [0.1, 0.15) is 46.8 Å². The van der Waals surface area contributed by atoms with Gasteiger partial charge in [0.15, 0.2) is 0 Å². The number of nitriles is 3. The largest absolute Gasteiger partial charge is 0.417 e. The molecule has 109 heavy (non-hydrogen) atoms. The van der Waals surface area contributed by atoms with E-state index in [9.17, 15) is 55.3 Å². The van der Waals surface area contributed by atoms with E-state index in [1.54, 1.807) is 12.4 Å². The van der Waals surface area contributed by atoms with Crippen molar-refractivity contribution >= 4 is 68.3 Å². The zero-order valence-corrected chi connectivity index (χ0v) is 59.3. The van der Waals surface area contributed by atoms with Crippen molar-refractivity contribution in [2.75, 3.05) is 92.3 Å². The first-order chi connectivity index (χ1) is 52.2. The lowest BCUT2D eigenvalue weighted by atomic mass is 10.1. The molecule has 26 nitrogen and oxygen atoms in total. The molecule has 2 aliphatic heterocycles. The Bertz CT molecular complexity index is 5090. The van der Waals surface area contributed by atoms with Gasteiger partial charge in [0.25, 0.3) is 0 Å². The van der Waals surface area contributed by atoms with Gasteiger partial charge in [-0.25, -0.2) is 54.8 Å². The molecule has 10 N–H and O–H groups in total. The number of rotatable bonds is 20. The van der Waals surface area contributed by atoms with Gasteiger partial charge < -0.3 is 62.0 Å². The van der Waals surface area contributed by atoms with E-state index in [2.05, 4.69) is 131 Å². The van der Waals surface area contributed by atoms with Crippen LogP contribution >= 0.6 is 0 Å². The van der Waals surface area contributed by atoms with Gasteiger partial charge >= 0.3 is 18.5 Å². The van der Waals surface area contributed by atoms with Crippen LogP contribution in [-0.2, 0) is 18.5 Å². The van der Waals surface area contributed by atoms with Crippen LogP contribution in [-0.4, -0.2) is 152 Å². The third kappa shape index (κ3) is 18.3. The number of pyridine rings is 5. The molecular formula is C74H71F9N26. The highest BCUT2D eigenvalue weighted by atomic mass is 19.4. The number of aromatic nitrogens is 14. The molecular weight excluding hydrogens is 1420 g/mol. The molecule has 0 spiro atoms. The maximum atomic E-state index is 13.3. The van der Waals surface area contributed by atoms with Crippen LogP contribution in [0.1, 0.15) is 102 Å².